The topological polar surface area (TPSA) is 47.0 Å². The quantitative estimate of drug-likeness (QED) is 0.859. The Hall–Kier alpha value is -0.870. The van der Waals surface area contributed by atoms with Crippen LogP contribution >= 0.6 is 11.6 Å². The predicted octanol–water partition coefficient (Wildman–Crippen LogP) is 3.54. The fraction of sp³-hybridized carbons (Fsp3) is 0.714. The van der Waals surface area contributed by atoms with Gasteiger partial charge in [0.2, 0.25) is 0 Å². The standard InChI is InChI=1S/C14H22ClN3O/c1-9(2)13-17-12(15)10(3)14(18-13)16-8-11-6-4-5-7-19-11/h9,11H,4-8H2,1-3H3,(H,16,17,18). The third-order valence-electron chi connectivity index (χ3n) is 3.39. The Morgan fingerprint density at radius 2 is 2.16 bits per heavy atom. The van der Waals surface area contributed by atoms with Crippen LogP contribution in [0.3, 0.4) is 0 Å². The van der Waals surface area contributed by atoms with Crippen LogP contribution in [0, 0.1) is 6.92 Å². The Kier molecular flexibility index (Phi) is 4.99. The number of aromatic nitrogens is 2. The van der Waals surface area contributed by atoms with Gasteiger partial charge in [0.15, 0.2) is 0 Å². The highest BCUT2D eigenvalue weighted by Crippen LogP contribution is 2.23. The first kappa shape index (κ1) is 14.5. The Morgan fingerprint density at radius 1 is 1.37 bits per heavy atom. The number of rotatable bonds is 4. The average molecular weight is 284 g/mol. The van der Waals surface area contributed by atoms with Crippen molar-refractivity contribution in [1.82, 2.24) is 9.97 Å². The first-order chi connectivity index (χ1) is 9.08. The van der Waals surface area contributed by atoms with Gasteiger partial charge in [0.05, 0.1) is 6.10 Å². The van der Waals surface area contributed by atoms with Gasteiger partial charge >= 0.3 is 0 Å². The van der Waals surface area contributed by atoms with Crippen molar-refractivity contribution in [2.24, 2.45) is 0 Å². The highest BCUT2D eigenvalue weighted by molar-refractivity contribution is 6.30. The molecule has 1 aliphatic heterocycles. The number of hydrogen-bond acceptors (Lipinski definition) is 4. The monoisotopic (exact) mass is 283 g/mol. The summed E-state index contributed by atoms with van der Waals surface area (Å²) in [5, 5.41) is 3.89. The lowest BCUT2D eigenvalue weighted by Gasteiger charge is -2.23. The van der Waals surface area contributed by atoms with Gasteiger partial charge in [-0.25, -0.2) is 9.97 Å². The van der Waals surface area contributed by atoms with Gasteiger partial charge in [-0.2, -0.15) is 0 Å². The maximum Gasteiger partial charge on any atom is 0.137 e. The van der Waals surface area contributed by atoms with Crippen molar-refractivity contribution in [2.45, 2.75) is 52.1 Å². The molecule has 1 fully saturated rings. The number of nitrogens with one attached hydrogen (secondary N) is 1. The summed E-state index contributed by atoms with van der Waals surface area (Å²) in [6, 6.07) is 0. The van der Waals surface area contributed by atoms with E-state index in [0.29, 0.717) is 5.15 Å². The van der Waals surface area contributed by atoms with Gasteiger partial charge in [-0.3, -0.25) is 0 Å². The molecule has 1 atom stereocenters. The largest absolute Gasteiger partial charge is 0.376 e. The van der Waals surface area contributed by atoms with E-state index in [2.05, 4.69) is 29.1 Å². The number of halogens is 1. The summed E-state index contributed by atoms with van der Waals surface area (Å²) in [4.78, 5) is 8.87. The second-order valence-electron chi connectivity index (χ2n) is 5.37. The van der Waals surface area contributed by atoms with Crippen LogP contribution in [0.5, 0.6) is 0 Å². The lowest BCUT2D eigenvalue weighted by Crippen LogP contribution is -2.27. The van der Waals surface area contributed by atoms with E-state index in [9.17, 15) is 0 Å². The minimum absolute atomic E-state index is 0.268. The van der Waals surface area contributed by atoms with Crippen molar-refractivity contribution in [3.63, 3.8) is 0 Å². The molecule has 2 rings (SSSR count). The molecule has 1 unspecified atom stereocenters. The highest BCUT2D eigenvalue weighted by atomic mass is 35.5. The first-order valence-corrected chi connectivity index (χ1v) is 7.35. The van der Waals surface area contributed by atoms with Crippen molar-refractivity contribution < 1.29 is 4.74 Å². The summed E-state index contributed by atoms with van der Waals surface area (Å²) in [5.41, 5.74) is 0.905. The highest BCUT2D eigenvalue weighted by Gasteiger charge is 2.16. The Labute approximate surface area is 119 Å². The summed E-state index contributed by atoms with van der Waals surface area (Å²) < 4.78 is 5.71. The minimum Gasteiger partial charge on any atom is -0.376 e. The summed E-state index contributed by atoms with van der Waals surface area (Å²) >= 11 is 6.16. The molecule has 1 aromatic heterocycles. The molecule has 0 aromatic carbocycles. The van der Waals surface area contributed by atoms with Gasteiger partial charge < -0.3 is 10.1 Å². The van der Waals surface area contributed by atoms with Crippen LogP contribution in [-0.4, -0.2) is 29.2 Å². The van der Waals surface area contributed by atoms with Crippen LogP contribution < -0.4 is 5.32 Å². The summed E-state index contributed by atoms with van der Waals surface area (Å²) in [5.74, 6) is 1.88. The van der Waals surface area contributed by atoms with E-state index >= 15 is 0 Å². The SMILES string of the molecule is Cc1c(Cl)nc(C(C)C)nc1NCC1CCCCO1. The molecule has 2 heterocycles. The number of ether oxygens (including phenoxy) is 1. The zero-order valence-electron chi connectivity index (χ0n) is 11.9. The molecule has 0 saturated carbocycles. The van der Waals surface area contributed by atoms with Gasteiger partial charge in [-0.1, -0.05) is 25.4 Å². The predicted molar refractivity (Wildman–Crippen MR) is 77.9 cm³/mol. The molecule has 1 aromatic rings. The van der Waals surface area contributed by atoms with Gasteiger partial charge in [0.1, 0.15) is 16.8 Å². The third kappa shape index (κ3) is 3.80. The van der Waals surface area contributed by atoms with Gasteiger partial charge in [-0.05, 0) is 26.2 Å². The molecule has 0 spiro atoms. The maximum absolute atomic E-state index is 6.16. The molecular weight excluding hydrogens is 262 g/mol. The van der Waals surface area contributed by atoms with E-state index in [-0.39, 0.29) is 12.0 Å². The lowest BCUT2D eigenvalue weighted by molar-refractivity contribution is 0.0247. The molecule has 0 amide bonds. The number of hydrogen-bond donors (Lipinski definition) is 1. The molecule has 106 valence electrons. The second kappa shape index (κ2) is 6.53. The zero-order chi connectivity index (χ0) is 13.8. The summed E-state index contributed by atoms with van der Waals surface area (Å²) in [6.45, 7) is 7.72. The normalized spacial score (nSPS) is 19.7. The van der Waals surface area contributed by atoms with Crippen LogP contribution in [-0.2, 0) is 4.74 Å². The molecule has 5 heteroatoms. The van der Waals surface area contributed by atoms with Gasteiger partial charge in [-0.15, -0.1) is 0 Å². The average Bonchev–Trinajstić information content (AvgIpc) is 2.41. The van der Waals surface area contributed by atoms with Crippen molar-refractivity contribution in [3.8, 4) is 0 Å². The van der Waals surface area contributed by atoms with E-state index in [0.717, 1.165) is 36.8 Å². The Bertz CT molecular complexity index is 431. The molecule has 0 bridgehead atoms. The fourth-order valence-corrected chi connectivity index (χ4v) is 2.29. The van der Waals surface area contributed by atoms with Crippen molar-refractivity contribution in [1.29, 1.82) is 0 Å². The second-order valence-corrected chi connectivity index (χ2v) is 5.73. The van der Waals surface area contributed by atoms with E-state index < -0.39 is 0 Å². The molecule has 0 aliphatic carbocycles. The maximum atomic E-state index is 6.16. The van der Waals surface area contributed by atoms with E-state index in [1.165, 1.54) is 12.8 Å². The first-order valence-electron chi connectivity index (χ1n) is 6.97. The molecule has 0 radical (unpaired) electrons. The van der Waals surface area contributed by atoms with Gasteiger partial charge in [0, 0.05) is 24.6 Å². The zero-order valence-corrected chi connectivity index (χ0v) is 12.6. The van der Waals surface area contributed by atoms with Crippen molar-refractivity contribution >= 4 is 17.4 Å². The number of anilines is 1. The molecule has 1 N–H and O–H groups in total. The summed E-state index contributed by atoms with van der Waals surface area (Å²) in [7, 11) is 0. The van der Waals surface area contributed by atoms with Crippen LogP contribution in [0.25, 0.3) is 0 Å². The van der Waals surface area contributed by atoms with E-state index in [1.807, 2.05) is 6.92 Å². The van der Waals surface area contributed by atoms with Gasteiger partial charge in [0.25, 0.3) is 0 Å². The van der Waals surface area contributed by atoms with Crippen LogP contribution in [0.4, 0.5) is 5.82 Å². The Balaban J connectivity index is 2.05. The van der Waals surface area contributed by atoms with Crippen molar-refractivity contribution in [2.75, 3.05) is 18.5 Å². The van der Waals surface area contributed by atoms with Crippen LogP contribution in [0.2, 0.25) is 5.15 Å². The third-order valence-corrected chi connectivity index (χ3v) is 3.76. The molecule has 1 saturated heterocycles. The molecule has 19 heavy (non-hydrogen) atoms. The molecular formula is C14H22ClN3O. The minimum atomic E-state index is 0.268. The van der Waals surface area contributed by atoms with Crippen LogP contribution in [0.1, 0.15) is 50.4 Å². The smallest absolute Gasteiger partial charge is 0.137 e. The van der Waals surface area contributed by atoms with Crippen molar-refractivity contribution in [3.05, 3.63) is 16.5 Å². The molecule has 4 nitrogen and oxygen atoms in total. The van der Waals surface area contributed by atoms with E-state index in [1.54, 1.807) is 0 Å². The number of nitrogens with zero attached hydrogens (tertiary/aromatic N) is 2. The lowest BCUT2D eigenvalue weighted by atomic mass is 10.1. The molecule has 1 aliphatic rings. The summed E-state index contributed by atoms with van der Waals surface area (Å²) in [6.07, 6.45) is 3.81. The fourth-order valence-electron chi connectivity index (χ4n) is 2.11. The van der Waals surface area contributed by atoms with E-state index in [4.69, 9.17) is 16.3 Å². The Morgan fingerprint density at radius 3 is 2.79 bits per heavy atom. The van der Waals surface area contributed by atoms with Crippen LogP contribution in [0.15, 0.2) is 0 Å².